The predicted octanol–water partition coefficient (Wildman–Crippen LogP) is 2.98. The first-order valence-corrected chi connectivity index (χ1v) is 5.85. The van der Waals surface area contributed by atoms with E-state index in [4.69, 9.17) is 11.6 Å². The van der Waals surface area contributed by atoms with E-state index in [9.17, 15) is 13.2 Å². The van der Waals surface area contributed by atoms with Crippen LogP contribution >= 0.6 is 23.4 Å². The van der Waals surface area contributed by atoms with Crippen LogP contribution in [-0.4, -0.2) is 30.0 Å². The Balaban J connectivity index is 2.14. The van der Waals surface area contributed by atoms with Crippen molar-refractivity contribution in [3.63, 3.8) is 0 Å². The molecule has 0 aliphatic heterocycles. The minimum absolute atomic E-state index is 0.286. The third-order valence-corrected chi connectivity index (χ3v) is 2.72. The molecule has 0 radical (unpaired) electrons. The number of hydrogen-bond donors (Lipinski definition) is 1. The number of halogens is 4. The summed E-state index contributed by atoms with van der Waals surface area (Å²) in [6.07, 6.45) is -2.64. The molecule has 2 nitrogen and oxygen atoms in total. The number of nitrogens with one attached hydrogen (secondary N) is 1. The van der Waals surface area contributed by atoms with Gasteiger partial charge >= 0.3 is 6.18 Å². The fraction of sp³-hybridized carbons (Fsp3) is 0.444. The molecule has 0 fully saturated rings. The zero-order valence-electron chi connectivity index (χ0n) is 8.22. The number of pyridine rings is 1. The minimum atomic E-state index is -4.15. The molecule has 90 valence electrons. The van der Waals surface area contributed by atoms with E-state index in [1.54, 1.807) is 12.1 Å². The third kappa shape index (κ3) is 6.19. The van der Waals surface area contributed by atoms with Gasteiger partial charge in [-0.1, -0.05) is 11.6 Å². The topological polar surface area (TPSA) is 24.9 Å². The average Bonchev–Trinajstić information content (AvgIpc) is 2.19. The predicted molar refractivity (Wildman–Crippen MR) is 58.9 cm³/mol. The van der Waals surface area contributed by atoms with E-state index in [1.807, 2.05) is 0 Å². The van der Waals surface area contributed by atoms with Gasteiger partial charge in [0.1, 0.15) is 0 Å². The van der Waals surface area contributed by atoms with Crippen LogP contribution in [0.2, 0.25) is 5.02 Å². The molecule has 0 aromatic carbocycles. The van der Waals surface area contributed by atoms with Crippen LogP contribution in [0.3, 0.4) is 0 Å². The fourth-order valence-electron chi connectivity index (χ4n) is 0.906. The first-order valence-electron chi connectivity index (χ1n) is 4.49. The van der Waals surface area contributed by atoms with Gasteiger partial charge in [0.25, 0.3) is 0 Å². The Hall–Kier alpha value is -0.460. The van der Waals surface area contributed by atoms with Crippen molar-refractivity contribution in [3.8, 4) is 0 Å². The molecule has 0 aliphatic carbocycles. The molecule has 1 N–H and O–H groups in total. The molecular formula is C9H10ClF3N2S. The fourth-order valence-corrected chi connectivity index (χ4v) is 1.76. The van der Waals surface area contributed by atoms with Gasteiger partial charge in [-0.2, -0.15) is 13.2 Å². The van der Waals surface area contributed by atoms with Crippen molar-refractivity contribution in [3.05, 3.63) is 23.4 Å². The summed E-state index contributed by atoms with van der Waals surface area (Å²) in [4.78, 5) is 4.01. The zero-order valence-corrected chi connectivity index (χ0v) is 9.79. The maximum Gasteiger partial charge on any atom is 0.401 e. The van der Waals surface area contributed by atoms with E-state index in [1.165, 1.54) is 18.0 Å². The summed E-state index contributed by atoms with van der Waals surface area (Å²) in [6, 6.07) is 3.43. The van der Waals surface area contributed by atoms with Crippen molar-refractivity contribution in [2.45, 2.75) is 11.2 Å². The average molecular weight is 271 g/mol. The Morgan fingerprint density at radius 2 is 2.12 bits per heavy atom. The van der Waals surface area contributed by atoms with E-state index in [0.717, 1.165) is 5.03 Å². The van der Waals surface area contributed by atoms with Crippen molar-refractivity contribution < 1.29 is 13.2 Å². The molecule has 0 atom stereocenters. The maximum atomic E-state index is 11.8. The molecule has 1 rings (SSSR count). The number of alkyl halides is 3. The standard InChI is InChI=1S/C9H10ClF3N2S/c10-7-1-2-8(15-5-7)16-4-3-14-6-9(11,12)13/h1-2,5,14H,3-4,6H2. The van der Waals surface area contributed by atoms with Crippen LogP contribution in [0.25, 0.3) is 0 Å². The molecule has 0 spiro atoms. The van der Waals surface area contributed by atoms with Gasteiger partial charge in [0.05, 0.1) is 16.6 Å². The van der Waals surface area contributed by atoms with E-state index in [0.29, 0.717) is 10.8 Å². The lowest BCUT2D eigenvalue weighted by atomic mass is 10.5. The minimum Gasteiger partial charge on any atom is -0.308 e. The van der Waals surface area contributed by atoms with Gasteiger partial charge in [0.2, 0.25) is 0 Å². The molecule has 16 heavy (non-hydrogen) atoms. The van der Waals surface area contributed by atoms with Crippen LogP contribution < -0.4 is 5.32 Å². The second-order valence-corrected chi connectivity index (χ2v) is 4.51. The van der Waals surface area contributed by atoms with Crippen LogP contribution in [-0.2, 0) is 0 Å². The molecule has 0 bridgehead atoms. The molecule has 0 unspecified atom stereocenters. The Bertz CT molecular complexity index is 316. The number of rotatable bonds is 5. The zero-order chi connectivity index (χ0) is 12.0. The summed E-state index contributed by atoms with van der Waals surface area (Å²) in [6.45, 7) is -0.671. The lowest BCUT2D eigenvalue weighted by molar-refractivity contribution is -0.124. The summed E-state index contributed by atoms with van der Waals surface area (Å²) in [7, 11) is 0. The molecular weight excluding hydrogens is 261 g/mol. The number of nitrogens with zero attached hydrogens (tertiary/aromatic N) is 1. The van der Waals surface area contributed by atoms with Gasteiger partial charge < -0.3 is 5.32 Å². The smallest absolute Gasteiger partial charge is 0.308 e. The second kappa shape index (κ2) is 6.32. The third-order valence-electron chi connectivity index (χ3n) is 1.55. The van der Waals surface area contributed by atoms with Crippen molar-refractivity contribution >= 4 is 23.4 Å². The highest BCUT2D eigenvalue weighted by atomic mass is 35.5. The van der Waals surface area contributed by atoms with Gasteiger partial charge in [-0.05, 0) is 12.1 Å². The molecule has 1 aromatic heterocycles. The summed E-state index contributed by atoms with van der Waals surface area (Å²) in [5.41, 5.74) is 0. The molecule has 1 heterocycles. The van der Waals surface area contributed by atoms with Crippen LogP contribution in [0.5, 0.6) is 0 Å². The molecule has 0 amide bonds. The summed E-state index contributed by atoms with van der Waals surface area (Å²) in [5.74, 6) is 0.532. The Kier molecular flexibility index (Phi) is 5.37. The summed E-state index contributed by atoms with van der Waals surface area (Å²) >= 11 is 7.02. The molecule has 1 aromatic rings. The van der Waals surface area contributed by atoms with E-state index >= 15 is 0 Å². The monoisotopic (exact) mass is 270 g/mol. The second-order valence-electron chi connectivity index (χ2n) is 2.96. The number of thioether (sulfide) groups is 1. The molecule has 7 heteroatoms. The molecule has 0 aliphatic rings. The Labute approximate surface area is 101 Å². The van der Waals surface area contributed by atoms with E-state index in [-0.39, 0.29) is 6.54 Å². The van der Waals surface area contributed by atoms with E-state index < -0.39 is 12.7 Å². The van der Waals surface area contributed by atoms with Crippen LogP contribution in [0.15, 0.2) is 23.4 Å². The maximum absolute atomic E-state index is 11.8. The Morgan fingerprint density at radius 3 is 2.69 bits per heavy atom. The van der Waals surface area contributed by atoms with Gasteiger partial charge in [-0.25, -0.2) is 4.98 Å². The quantitative estimate of drug-likeness (QED) is 0.658. The molecule has 0 saturated heterocycles. The first kappa shape index (κ1) is 13.6. The highest BCUT2D eigenvalue weighted by Gasteiger charge is 2.25. The largest absolute Gasteiger partial charge is 0.401 e. The summed E-state index contributed by atoms with van der Waals surface area (Å²) in [5, 5.41) is 3.60. The molecule has 0 saturated carbocycles. The Morgan fingerprint density at radius 1 is 1.38 bits per heavy atom. The van der Waals surface area contributed by atoms with Crippen molar-refractivity contribution in [2.75, 3.05) is 18.8 Å². The van der Waals surface area contributed by atoms with Gasteiger partial charge in [0.15, 0.2) is 0 Å². The van der Waals surface area contributed by atoms with Gasteiger partial charge in [-0.3, -0.25) is 0 Å². The van der Waals surface area contributed by atoms with Crippen LogP contribution in [0.1, 0.15) is 0 Å². The lowest BCUT2D eigenvalue weighted by Gasteiger charge is -2.07. The number of hydrogen-bond acceptors (Lipinski definition) is 3. The number of aromatic nitrogens is 1. The van der Waals surface area contributed by atoms with Crippen LogP contribution in [0, 0.1) is 0 Å². The van der Waals surface area contributed by atoms with Gasteiger partial charge in [0, 0.05) is 18.5 Å². The highest BCUT2D eigenvalue weighted by Crippen LogP contribution is 2.16. The van der Waals surface area contributed by atoms with Crippen molar-refractivity contribution in [1.82, 2.24) is 10.3 Å². The SMILES string of the molecule is FC(F)(F)CNCCSc1ccc(Cl)cn1. The van der Waals surface area contributed by atoms with Crippen molar-refractivity contribution in [1.29, 1.82) is 0 Å². The summed E-state index contributed by atoms with van der Waals surface area (Å²) < 4.78 is 35.3. The van der Waals surface area contributed by atoms with Crippen molar-refractivity contribution in [2.24, 2.45) is 0 Å². The highest BCUT2D eigenvalue weighted by molar-refractivity contribution is 7.99. The van der Waals surface area contributed by atoms with Gasteiger partial charge in [-0.15, -0.1) is 11.8 Å². The lowest BCUT2D eigenvalue weighted by Crippen LogP contribution is -2.30. The first-order chi connectivity index (χ1) is 7.47. The normalized spacial score (nSPS) is 11.8. The van der Waals surface area contributed by atoms with E-state index in [2.05, 4.69) is 10.3 Å². The van der Waals surface area contributed by atoms with Crippen LogP contribution in [0.4, 0.5) is 13.2 Å².